The number of hydrogen-bond donors (Lipinski definition) is 2. The van der Waals surface area contributed by atoms with E-state index in [0.29, 0.717) is 13.0 Å². The van der Waals surface area contributed by atoms with Crippen LogP contribution in [0.25, 0.3) is 0 Å². The number of hydrogen-bond acceptors (Lipinski definition) is 4. The van der Waals surface area contributed by atoms with E-state index < -0.39 is 0 Å². The molecule has 1 atom stereocenters. The summed E-state index contributed by atoms with van der Waals surface area (Å²) in [7, 11) is 0. The summed E-state index contributed by atoms with van der Waals surface area (Å²) in [4.78, 5) is 15.8. The van der Waals surface area contributed by atoms with E-state index in [-0.39, 0.29) is 36.8 Å². The quantitative estimate of drug-likeness (QED) is 0.889. The largest absolute Gasteiger partial charge is 0.378 e. The predicted octanol–water partition coefficient (Wildman–Crippen LogP) is 1.55. The highest BCUT2D eigenvalue weighted by atomic mass is 35.5. The molecule has 0 bridgehead atoms. The average molecular weight is 308 g/mol. The molecule has 0 radical (unpaired) electrons. The minimum atomic E-state index is -0.00130. The molecule has 1 fully saturated rings. The zero-order chi connectivity index (χ0) is 12.1. The molecule has 108 valence electrons. The van der Waals surface area contributed by atoms with Gasteiger partial charge < -0.3 is 15.4 Å². The Morgan fingerprint density at radius 2 is 2.37 bits per heavy atom. The average Bonchev–Trinajstić information content (AvgIpc) is 2.30. The van der Waals surface area contributed by atoms with Gasteiger partial charge in [0.1, 0.15) is 0 Å². The van der Waals surface area contributed by atoms with Gasteiger partial charge in [0.2, 0.25) is 5.91 Å². The SMILES string of the molecule is Cc1cc(NC(=O)CC2COCCN2)ccn1.Cl.Cl. The van der Waals surface area contributed by atoms with Gasteiger partial charge in [-0.15, -0.1) is 24.8 Å². The Labute approximate surface area is 125 Å². The monoisotopic (exact) mass is 307 g/mol. The summed E-state index contributed by atoms with van der Waals surface area (Å²) in [6.07, 6.45) is 2.12. The van der Waals surface area contributed by atoms with Crippen LogP contribution in [0.1, 0.15) is 12.1 Å². The van der Waals surface area contributed by atoms with Crippen molar-refractivity contribution >= 4 is 36.4 Å². The van der Waals surface area contributed by atoms with Gasteiger partial charge in [0, 0.05) is 36.6 Å². The van der Waals surface area contributed by atoms with Crippen molar-refractivity contribution in [3.05, 3.63) is 24.0 Å². The van der Waals surface area contributed by atoms with Crippen molar-refractivity contribution in [2.75, 3.05) is 25.1 Å². The Morgan fingerprint density at radius 3 is 3.00 bits per heavy atom. The van der Waals surface area contributed by atoms with Gasteiger partial charge in [-0.3, -0.25) is 9.78 Å². The number of aryl methyl sites for hydroxylation is 1. The van der Waals surface area contributed by atoms with Crippen molar-refractivity contribution in [2.24, 2.45) is 0 Å². The molecule has 1 amide bonds. The van der Waals surface area contributed by atoms with Crippen LogP contribution in [-0.4, -0.2) is 36.7 Å². The lowest BCUT2D eigenvalue weighted by molar-refractivity contribution is -0.117. The van der Waals surface area contributed by atoms with Crippen LogP contribution in [0.2, 0.25) is 0 Å². The summed E-state index contributed by atoms with van der Waals surface area (Å²) in [5, 5.41) is 6.10. The zero-order valence-electron chi connectivity index (χ0n) is 10.7. The van der Waals surface area contributed by atoms with Crippen molar-refractivity contribution in [3.63, 3.8) is 0 Å². The molecule has 7 heteroatoms. The van der Waals surface area contributed by atoms with Crippen LogP contribution in [0.3, 0.4) is 0 Å². The molecule has 1 saturated heterocycles. The third kappa shape index (κ3) is 6.20. The molecule has 2 N–H and O–H groups in total. The normalized spacial score (nSPS) is 17.8. The van der Waals surface area contributed by atoms with Gasteiger partial charge in [0.25, 0.3) is 0 Å². The molecule has 0 aliphatic carbocycles. The highest BCUT2D eigenvalue weighted by Crippen LogP contribution is 2.08. The Morgan fingerprint density at radius 1 is 1.58 bits per heavy atom. The van der Waals surface area contributed by atoms with Crippen LogP contribution in [-0.2, 0) is 9.53 Å². The lowest BCUT2D eigenvalue weighted by atomic mass is 10.2. The molecule has 0 spiro atoms. The summed E-state index contributed by atoms with van der Waals surface area (Å²) in [6, 6.07) is 3.75. The first kappa shape index (κ1) is 18.1. The molecule has 1 aromatic rings. The zero-order valence-corrected chi connectivity index (χ0v) is 12.4. The summed E-state index contributed by atoms with van der Waals surface area (Å²) in [6.45, 7) is 4.03. The summed E-state index contributed by atoms with van der Waals surface area (Å²) < 4.78 is 5.30. The number of carbonyl (C=O) groups excluding carboxylic acids is 1. The molecule has 1 aliphatic heterocycles. The van der Waals surface area contributed by atoms with Crippen LogP contribution >= 0.6 is 24.8 Å². The fraction of sp³-hybridized carbons (Fsp3) is 0.500. The number of halogens is 2. The molecule has 5 nitrogen and oxygen atoms in total. The third-order valence-corrected chi connectivity index (χ3v) is 2.61. The number of pyridine rings is 1. The lowest BCUT2D eigenvalue weighted by Gasteiger charge is -2.23. The van der Waals surface area contributed by atoms with Crippen LogP contribution < -0.4 is 10.6 Å². The topological polar surface area (TPSA) is 63.2 Å². The van der Waals surface area contributed by atoms with Gasteiger partial charge in [-0.25, -0.2) is 0 Å². The van der Waals surface area contributed by atoms with E-state index in [2.05, 4.69) is 15.6 Å². The van der Waals surface area contributed by atoms with Crippen molar-refractivity contribution < 1.29 is 9.53 Å². The van der Waals surface area contributed by atoms with Crippen molar-refractivity contribution in [3.8, 4) is 0 Å². The number of nitrogens with zero attached hydrogens (tertiary/aromatic N) is 1. The predicted molar refractivity (Wildman–Crippen MR) is 79.3 cm³/mol. The smallest absolute Gasteiger partial charge is 0.226 e. The molecular formula is C12H19Cl2N3O2. The maximum absolute atomic E-state index is 11.8. The van der Waals surface area contributed by atoms with E-state index >= 15 is 0 Å². The Bertz CT molecular complexity index is 398. The second-order valence-corrected chi connectivity index (χ2v) is 4.16. The summed E-state index contributed by atoms with van der Waals surface area (Å²) in [5.74, 6) is -0.00130. The van der Waals surface area contributed by atoms with Crippen LogP contribution in [0.4, 0.5) is 5.69 Å². The first-order valence-electron chi connectivity index (χ1n) is 5.77. The van der Waals surface area contributed by atoms with Gasteiger partial charge in [0.15, 0.2) is 0 Å². The van der Waals surface area contributed by atoms with E-state index in [1.54, 1.807) is 12.3 Å². The number of carbonyl (C=O) groups is 1. The Hall–Kier alpha value is -0.880. The van der Waals surface area contributed by atoms with Crippen LogP contribution in [0.15, 0.2) is 18.3 Å². The number of amides is 1. The van der Waals surface area contributed by atoms with E-state index in [0.717, 1.165) is 24.5 Å². The van der Waals surface area contributed by atoms with E-state index in [9.17, 15) is 4.79 Å². The van der Waals surface area contributed by atoms with Crippen LogP contribution in [0, 0.1) is 6.92 Å². The van der Waals surface area contributed by atoms with E-state index in [4.69, 9.17) is 4.74 Å². The second-order valence-electron chi connectivity index (χ2n) is 4.16. The molecule has 0 aromatic carbocycles. The Balaban J connectivity index is 0.00000162. The van der Waals surface area contributed by atoms with E-state index in [1.165, 1.54) is 0 Å². The molecule has 2 heterocycles. The highest BCUT2D eigenvalue weighted by Gasteiger charge is 2.16. The molecular weight excluding hydrogens is 289 g/mol. The fourth-order valence-electron chi connectivity index (χ4n) is 1.81. The molecule has 1 aromatic heterocycles. The van der Waals surface area contributed by atoms with E-state index in [1.807, 2.05) is 13.0 Å². The molecule has 2 rings (SSSR count). The first-order valence-corrected chi connectivity index (χ1v) is 5.77. The number of morpholine rings is 1. The highest BCUT2D eigenvalue weighted by molar-refractivity contribution is 5.91. The maximum Gasteiger partial charge on any atom is 0.226 e. The number of nitrogens with one attached hydrogen (secondary N) is 2. The number of rotatable bonds is 3. The number of ether oxygens (including phenoxy) is 1. The minimum absolute atomic E-state index is 0. The van der Waals surface area contributed by atoms with Crippen LogP contribution in [0.5, 0.6) is 0 Å². The Kier molecular flexibility index (Phi) is 8.67. The van der Waals surface area contributed by atoms with Crippen molar-refractivity contribution in [1.82, 2.24) is 10.3 Å². The lowest BCUT2D eigenvalue weighted by Crippen LogP contribution is -2.43. The number of aromatic nitrogens is 1. The molecule has 1 unspecified atom stereocenters. The first-order chi connectivity index (χ1) is 8.24. The third-order valence-electron chi connectivity index (χ3n) is 2.61. The fourth-order valence-corrected chi connectivity index (χ4v) is 1.81. The van der Waals surface area contributed by atoms with Gasteiger partial charge in [0.05, 0.1) is 13.2 Å². The molecule has 1 aliphatic rings. The van der Waals surface area contributed by atoms with Crippen molar-refractivity contribution in [1.29, 1.82) is 0 Å². The summed E-state index contributed by atoms with van der Waals surface area (Å²) >= 11 is 0. The molecule has 19 heavy (non-hydrogen) atoms. The van der Waals surface area contributed by atoms with Crippen molar-refractivity contribution in [2.45, 2.75) is 19.4 Å². The van der Waals surface area contributed by atoms with Gasteiger partial charge in [-0.2, -0.15) is 0 Å². The van der Waals surface area contributed by atoms with Gasteiger partial charge in [-0.1, -0.05) is 0 Å². The standard InChI is InChI=1S/C12H17N3O2.2ClH/c1-9-6-10(2-3-13-9)15-12(16)7-11-8-17-5-4-14-11;;/h2-3,6,11,14H,4-5,7-8H2,1H3,(H,13,15,16);2*1H. The number of anilines is 1. The minimum Gasteiger partial charge on any atom is -0.378 e. The second kappa shape index (κ2) is 9.09. The maximum atomic E-state index is 11.8. The summed E-state index contributed by atoms with van der Waals surface area (Å²) in [5.41, 5.74) is 1.68. The molecule has 0 saturated carbocycles. The van der Waals surface area contributed by atoms with Gasteiger partial charge >= 0.3 is 0 Å². The van der Waals surface area contributed by atoms with Gasteiger partial charge in [-0.05, 0) is 19.1 Å².